The summed E-state index contributed by atoms with van der Waals surface area (Å²) in [6.45, 7) is 1.96. The summed E-state index contributed by atoms with van der Waals surface area (Å²) in [4.78, 5) is 13.1. The lowest BCUT2D eigenvalue weighted by molar-refractivity contribution is -0.185. The number of hydrogen-bond donors (Lipinski definition) is 1. The molecular formula is C25H20N2O4S. The molecule has 0 radical (unpaired) electrons. The Morgan fingerprint density at radius 1 is 1.00 bits per heavy atom. The zero-order valence-electron chi connectivity index (χ0n) is 17.5. The summed E-state index contributed by atoms with van der Waals surface area (Å²) < 4.78 is 19.4. The van der Waals surface area contributed by atoms with Crippen LogP contribution in [0.15, 0.2) is 72.3 Å². The predicted octanol–water partition coefficient (Wildman–Crippen LogP) is 4.41. The topological polar surface area (TPSA) is 81.5 Å². The first-order valence-electron chi connectivity index (χ1n) is 10.1. The van der Waals surface area contributed by atoms with Crippen molar-refractivity contribution < 1.29 is 19.4 Å². The number of benzene rings is 3. The third kappa shape index (κ3) is 3.45. The van der Waals surface area contributed by atoms with E-state index in [1.807, 2.05) is 61.5 Å². The van der Waals surface area contributed by atoms with Crippen molar-refractivity contribution in [3.63, 3.8) is 0 Å². The van der Waals surface area contributed by atoms with Crippen LogP contribution in [0.1, 0.15) is 22.3 Å². The lowest BCUT2D eigenvalue weighted by Crippen LogP contribution is -2.29. The third-order valence-electron chi connectivity index (χ3n) is 5.68. The number of carbonyl (C=O) groups is 1. The SMILES string of the molecule is COc1ccc(CC2=C(c3ccc4nsnc4c3)C(=O)OC2(O)c2ccc(C)cc2)cc1. The fourth-order valence-electron chi connectivity index (χ4n) is 3.94. The van der Waals surface area contributed by atoms with E-state index in [0.717, 1.165) is 34.1 Å². The molecule has 1 aromatic heterocycles. The number of methoxy groups -OCH3 is 1. The molecule has 1 unspecified atom stereocenters. The summed E-state index contributed by atoms with van der Waals surface area (Å²) in [5, 5.41) is 11.7. The van der Waals surface area contributed by atoms with Gasteiger partial charge in [0.05, 0.1) is 24.4 Å². The number of esters is 1. The maximum atomic E-state index is 13.1. The molecule has 0 saturated carbocycles. The predicted molar refractivity (Wildman–Crippen MR) is 122 cm³/mol. The number of ether oxygens (including phenoxy) is 2. The van der Waals surface area contributed by atoms with E-state index in [4.69, 9.17) is 9.47 Å². The van der Waals surface area contributed by atoms with Crippen LogP contribution in [0.2, 0.25) is 0 Å². The zero-order chi connectivity index (χ0) is 22.3. The van der Waals surface area contributed by atoms with Crippen LogP contribution in [0.4, 0.5) is 0 Å². The van der Waals surface area contributed by atoms with Crippen LogP contribution in [-0.2, 0) is 21.7 Å². The van der Waals surface area contributed by atoms with Crippen LogP contribution < -0.4 is 4.74 Å². The van der Waals surface area contributed by atoms with Crippen molar-refractivity contribution in [1.29, 1.82) is 0 Å². The Balaban J connectivity index is 1.68. The normalized spacial score (nSPS) is 18.3. The molecule has 0 bridgehead atoms. The molecule has 7 heteroatoms. The van der Waals surface area contributed by atoms with Gasteiger partial charge in [-0.05, 0) is 42.3 Å². The average Bonchev–Trinajstić information content (AvgIpc) is 3.36. The molecule has 0 aliphatic carbocycles. The maximum absolute atomic E-state index is 13.1. The van der Waals surface area contributed by atoms with Gasteiger partial charge >= 0.3 is 5.97 Å². The van der Waals surface area contributed by atoms with Gasteiger partial charge < -0.3 is 14.6 Å². The first-order valence-corrected chi connectivity index (χ1v) is 10.8. The lowest BCUT2D eigenvalue weighted by atomic mass is 9.88. The highest BCUT2D eigenvalue weighted by Gasteiger charge is 2.48. The largest absolute Gasteiger partial charge is 0.497 e. The van der Waals surface area contributed by atoms with Gasteiger partial charge in [-0.1, -0.05) is 48.0 Å². The van der Waals surface area contributed by atoms with E-state index < -0.39 is 11.8 Å². The number of aliphatic hydroxyl groups is 1. The molecule has 0 saturated heterocycles. The quantitative estimate of drug-likeness (QED) is 0.460. The Kier molecular flexibility index (Phi) is 5.00. The monoisotopic (exact) mass is 444 g/mol. The standard InChI is InChI=1S/C25H20N2O4S/c1-15-3-8-18(9-4-15)25(29)20(13-16-5-10-19(30-2)11-6-16)23(24(28)31-25)17-7-12-21-22(14-17)27-32-26-21/h3-12,14,29H,13H2,1-2H3. The van der Waals surface area contributed by atoms with Gasteiger partial charge in [-0.3, -0.25) is 0 Å². The van der Waals surface area contributed by atoms with Gasteiger partial charge in [0.25, 0.3) is 5.79 Å². The number of nitrogens with zero attached hydrogens (tertiary/aromatic N) is 2. The second kappa shape index (κ2) is 7.85. The number of hydrogen-bond acceptors (Lipinski definition) is 7. The van der Waals surface area contributed by atoms with Crippen LogP contribution in [0, 0.1) is 6.92 Å². The van der Waals surface area contributed by atoms with Crippen LogP contribution in [0.5, 0.6) is 5.75 Å². The van der Waals surface area contributed by atoms with Crippen LogP contribution in [-0.4, -0.2) is 26.9 Å². The molecule has 0 amide bonds. The van der Waals surface area contributed by atoms with Gasteiger partial charge in [0.15, 0.2) is 0 Å². The van der Waals surface area contributed by atoms with E-state index in [9.17, 15) is 9.90 Å². The van der Waals surface area contributed by atoms with E-state index in [1.165, 1.54) is 0 Å². The van der Waals surface area contributed by atoms with E-state index in [0.29, 0.717) is 34.2 Å². The first-order chi connectivity index (χ1) is 15.5. The molecule has 1 atom stereocenters. The highest BCUT2D eigenvalue weighted by Crippen LogP contribution is 2.45. The summed E-state index contributed by atoms with van der Waals surface area (Å²) in [6.07, 6.45) is 0.322. The van der Waals surface area contributed by atoms with E-state index >= 15 is 0 Å². The molecule has 5 rings (SSSR count). The minimum atomic E-state index is -1.87. The summed E-state index contributed by atoms with van der Waals surface area (Å²) in [5.41, 5.74) is 5.40. The number of fused-ring (bicyclic) bond motifs is 1. The van der Waals surface area contributed by atoms with Gasteiger partial charge in [-0.15, -0.1) is 0 Å². The summed E-state index contributed by atoms with van der Waals surface area (Å²) in [6, 6.07) is 20.3. The lowest BCUT2D eigenvalue weighted by Gasteiger charge is -2.26. The van der Waals surface area contributed by atoms with Crippen molar-refractivity contribution >= 4 is 34.3 Å². The average molecular weight is 445 g/mol. The van der Waals surface area contributed by atoms with Gasteiger partial charge in [-0.25, -0.2) is 4.79 Å². The van der Waals surface area contributed by atoms with E-state index in [1.54, 1.807) is 19.2 Å². The molecule has 160 valence electrons. The second-order valence-electron chi connectivity index (χ2n) is 7.75. The first kappa shape index (κ1) is 20.4. The number of carbonyl (C=O) groups excluding carboxylic acids is 1. The van der Waals surface area contributed by atoms with E-state index in [-0.39, 0.29) is 0 Å². The molecule has 1 aliphatic heterocycles. The van der Waals surface area contributed by atoms with Crippen molar-refractivity contribution in [2.45, 2.75) is 19.1 Å². The van der Waals surface area contributed by atoms with Crippen molar-refractivity contribution in [2.75, 3.05) is 7.11 Å². The van der Waals surface area contributed by atoms with Crippen LogP contribution in [0.3, 0.4) is 0 Å². The number of aromatic nitrogens is 2. The molecule has 4 aromatic rings. The van der Waals surface area contributed by atoms with Gasteiger partial charge in [-0.2, -0.15) is 8.75 Å². The second-order valence-corrected chi connectivity index (χ2v) is 8.27. The third-order valence-corrected chi connectivity index (χ3v) is 6.24. The van der Waals surface area contributed by atoms with Crippen molar-refractivity contribution in [1.82, 2.24) is 8.75 Å². The summed E-state index contributed by atoms with van der Waals surface area (Å²) in [7, 11) is 1.61. The minimum absolute atomic E-state index is 0.322. The fourth-order valence-corrected chi connectivity index (χ4v) is 4.45. The molecule has 1 N–H and O–H groups in total. The smallest absolute Gasteiger partial charge is 0.342 e. The van der Waals surface area contributed by atoms with Gasteiger partial charge in [0, 0.05) is 17.6 Å². The number of cyclic esters (lactones) is 1. The Morgan fingerprint density at radius 3 is 2.44 bits per heavy atom. The van der Waals surface area contributed by atoms with Crippen molar-refractivity contribution in [3.05, 3.63) is 94.6 Å². The molecule has 1 aliphatic rings. The highest BCUT2D eigenvalue weighted by molar-refractivity contribution is 7.00. The molecule has 6 nitrogen and oxygen atoms in total. The zero-order valence-corrected chi connectivity index (χ0v) is 18.3. The van der Waals surface area contributed by atoms with Crippen molar-refractivity contribution in [2.24, 2.45) is 0 Å². The maximum Gasteiger partial charge on any atom is 0.342 e. The van der Waals surface area contributed by atoms with Gasteiger partial charge in [0.2, 0.25) is 0 Å². The van der Waals surface area contributed by atoms with Crippen LogP contribution in [0.25, 0.3) is 16.6 Å². The molecule has 3 aromatic carbocycles. The molecule has 32 heavy (non-hydrogen) atoms. The Labute approximate surface area is 189 Å². The number of aryl methyl sites for hydroxylation is 1. The molecule has 0 spiro atoms. The molecular weight excluding hydrogens is 424 g/mol. The minimum Gasteiger partial charge on any atom is -0.497 e. The molecule has 0 fully saturated rings. The number of rotatable bonds is 5. The van der Waals surface area contributed by atoms with Gasteiger partial charge in [0.1, 0.15) is 16.8 Å². The Morgan fingerprint density at radius 2 is 1.72 bits per heavy atom. The van der Waals surface area contributed by atoms with Crippen molar-refractivity contribution in [3.8, 4) is 5.75 Å². The Hall–Kier alpha value is -3.55. The fraction of sp³-hybridized carbons (Fsp3) is 0.160. The summed E-state index contributed by atoms with van der Waals surface area (Å²) in [5.74, 6) is -1.70. The van der Waals surface area contributed by atoms with E-state index in [2.05, 4.69) is 8.75 Å². The van der Waals surface area contributed by atoms with Crippen LogP contribution >= 0.6 is 11.7 Å². The Bertz CT molecular complexity index is 1340. The molecule has 2 heterocycles. The highest BCUT2D eigenvalue weighted by atomic mass is 32.1. The summed E-state index contributed by atoms with van der Waals surface area (Å²) >= 11 is 1.12.